The van der Waals surface area contributed by atoms with Gasteiger partial charge in [-0.05, 0) is 40.4 Å². The van der Waals surface area contributed by atoms with Crippen molar-refractivity contribution in [3.05, 3.63) is 40.9 Å². The molecule has 1 saturated heterocycles. The highest BCUT2D eigenvalue weighted by Crippen LogP contribution is 2.30. The first-order valence-electron chi connectivity index (χ1n) is 9.46. The molecule has 0 N–H and O–H groups in total. The summed E-state index contributed by atoms with van der Waals surface area (Å²) in [4.78, 5) is 22.4. The number of benzene rings is 1. The second-order valence-electron chi connectivity index (χ2n) is 7.51. The minimum atomic E-state index is -3.06. The standard InChI is InChI=1S/C20H27N3O3S2/c1-15-18(27-19(21-15)16-8-5-4-6-9-16)20(24)23(12-7-11-22(2)3)17-10-13-28(25,26)14-17/h4-6,8-9,17H,7,10-14H2,1-3H3. The number of carbonyl (C=O) groups is 1. The van der Waals surface area contributed by atoms with Crippen LogP contribution in [0.1, 0.15) is 28.2 Å². The topological polar surface area (TPSA) is 70.6 Å². The summed E-state index contributed by atoms with van der Waals surface area (Å²) in [7, 11) is 0.921. The maximum absolute atomic E-state index is 13.4. The fraction of sp³-hybridized carbons (Fsp3) is 0.500. The van der Waals surface area contributed by atoms with Crippen LogP contribution in [0.3, 0.4) is 0 Å². The molecule has 1 aromatic carbocycles. The maximum Gasteiger partial charge on any atom is 0.266 e. The third-order valence-corrected chi connectivity index (χ3v) is 7.87. The smallest absolute Gasteiger partial charge is 0.266 e. The van der Waals surface area contributed by atoms with E-state index in [2.05, 4.69) is 9.88 Å². The number of thiazole rings is 1. The first-order chi connectivity index (χ1) is 13.3. The van der Waals surface area contributed by atoms with E-state index in [-0.39, 0.29) is 23.5 Å². The van der Waals surface area contributed by atoms with Crippen molar-refractivity contribution in [3.8, 4) is 10.6 Å². The zero-order chi connectivity index (χ0) is 20.3. The van der Waals surface area contributed by atoms with Crippen molar-refractivity contribution in [2.75, 3.05) is 38.7 Å². The van der Waals surface area contributed by atoms with E-state index in [1.54, 1.807) is 4.90 Å². The van der Waals surface area contributed by atoms with E-state index in [1.165, 1.54) is 11.3 Å². The monoisotopic (exact) mass is 421 g/mol. The number of hydrogen-bond acceptors (Lipinski definition) is 6. The Kier molecular flexibility index (Phi) is 6.52. The number of rotatable bonds is 7. The van der Waals surface area contributed by atoms with Crippen LogP contribution in [0.25, 0.3) is 10.6 Å². The van der Waals surface area contributed by atoms with Crippen LogP contribution >= 0.6 is 11.3 Å². The molecule has 8 heteroatoms. The lowest BCUT2D eigenvalue weighted by molar-refractivity contribution is 0.0694. The molecule has 2 heterocycles. The lowest BCUT2D eigenvalue weighted by atomic mass is 10.2. The summed E-state index contributed by atoms with van der Waals surface area (Å²) >= 11 is 1.39. The van der Waals surface area contributed by atoms with E-state index < -0.39 is 9.84 Å². The Morgan fingerprint density at radius 3 is 2.54 bits per heavy atom. The number of aryl methyl sites for hydroxylation is 1. The summed E-state index contributed by atoms with van der Waals surface area (Å²) in [6.07, 6.45) is 1.32. The molecule has 1 amide bonds. The van der Waals surface area contributed by atoms with E-state index in [0.29, 0.717) is 23.5 Å². The highest BCUT2D eigenvalue weighted by Gasteiger charge is 2.36. The summed E-state index contributed by atoms with van der Waals surface area (Å²) in [5.41, 5.74) is 1.68. The lowest BCUT2D eigenvalue weighted by Crippen LogP contribution is -2.42. The summed E-state index contributed by atoms with van der Waals surface area (Å²) in [5, 5.41) is 0.814. The van der Waals surface area contributed by atoms with Crippen molar-refractivity contribution < 1.29 is 13.2 Å². The van der Waals surface area contributed by atoms with Gasteiger partial charge in [0.15, 0.2) is 9.84 Å². The van der Waals surface area contributed by atoms with Gasteiger partial charge < -0.3 is 9.80 Å². The quantitative estimate of drug-likeness (QED) is 0.687. The molecule has 0 spiro atoms. The molecule has 6 nitrogen and oxygen atoms in total. The van der Waals surface area contributed by atoms with Crippen LogP contribution in [-0.2, 0) is 9.84 Å². The maximum atomic E-state index is 13.4. The van der Waals surface area contributed by atoms with E-state index in [1.807, 2.05) is 51.4 Å². The third kappa shape index (κ3) is 4.98. The molecule has 3 rings (SSSR count). The second-order valence-corrected chi connectivity index (χ2v) is 10.7. The van der Waals surface area contributed by atoms with Gasteiger partial charge in [-0.25, -0.2) is 13.4 Å². The van der Waals surface area contributed by atoms with Crippen LogP contribution in [0.4, 0.5) is 0 Å². The lowest BCUT2D eigenvalue weighted by Gasteiger charge is -2.28. The zero-order valence-electron chi connectivity index (χ0n) is 16.6. The number of hydrogen-bond donors (Lipinski definition) is 0. The third-order valence-electron chi connectivity index (χ3n) is 4.93. The molecular formula is C20H27N3O3S2. The molecule has 2 aromatic rings. The van der Waals surface area contributed by atoms with Crippen LogP contribution < -0.4 is 0 Å². The molecule has 1 aromatic heterocycles. The SMILES string of the molecule is Cc1nc(-c2ccccc2)sc1C(=O)N(CCCN(C)C)C1CCS(=O)(=O)C1. The zero-order valence-corrected chi connectivity index (χ0v) is 18.2. The van der Waals surface area contributed by atoms with Gasteiger partial charge in [-0.1, -0.05) is 30.3 Å². The van der Waals surface area contributed by atoms with Crippen molar-refractivity contribution in [1.82, 2.24) is 14.8 Å². The summed E-state index contributed by atoms with van der Waals surface area (Å²) < 4.78 is 24.0. The normalized spacial score (nSPS) is 18.5. The van der Waals surface area contributed by atoms with Gasteiger partial charge >= 0.3 is 0 Å². The van der Waals surface area contributed by atoms with Gasteiger partial charge in [0.2, 0.25) is 0 Å². The molecule has 1 aliphatic heterocycles. The fourth-order valence-corrected chi connectivity index (χ4v) is 6.22. The molecule has 28 heavy (non-hydrogen) atoms. The molecule has 0 bridgehead atoms. The Morgan fingerprint density at radius 1 is 1.21 bits per heavy atom. The van der Waals surface area contributed by atoms with Gasteiger partial charge in [0.1, 0.15) is 9.88 Å². The Balaban J connectivity index is 1.85. The number of aromatic nitrogens is 1. The summed E-state index contributed by atoms with van der Waals surface area (Å²) in [6, 6.07) is 9.55. The van der Waals surface area contributed by atoms with Gasteiger partial charge in [-0.2, -0.15) is 0 Å². The van der Waals surface area contributed by atoms with Gasteiger partial charge in [-0.15, -0.1) is 11.3 Å². The highest BCUT2D eigenvalue weighted by atomic mass is 32.2. The predicted octanol–water partition coefficient (Wildman–Crippen LogP) is 2.70. The minimum absolute atomic E-state index is 0.0596. The van der Waals surface area contributed by atoms with Gasteiger partial charge in [0.25, 0.3) is 5.91 Å². The van der Waals surface area contributed by atoms with E-state index in [4.69, 9.17) is 0 Å². The molecule has 1 atom stereocenters. The molecule has 0 saturated carbocycles. The number of sulfone groups is 1. The van der Waals surface area contributed by atoms with Crippen LogP contribution in [0, 0.1) is 6.92 Å². The molecule has 0 aliphatic carbocycles. The summed E-state index contributed by atoms with van der Waals surface area (Å²) in [6.45, 7) is 3.25. The van der Waals surface area contributed by atoms with Crippen molar-refractivity contribution in [2.45, 2.75) is 25.8 Å². The molecule has 1 fully saturated rings. The van der Waals surface area contributed by atoms with Crippen LogP contribution in [-0.4, -0.2) is 73.8 Å². The summed E-state index contributed by atoms with van der Waals surface area (Å²) in [5.74, 6) is 0.119. The largest absolute Gasteiger partial charge is 0.334 e. The molecule has 152 valence electrons. The van der Waals surface area contributed by atoms with Gasteiger partial charge in [-0.3, -0.25) is 4.79 Å². The second kappa shape index (κ2) is 8.71. The molecular weight excluding hydrogens is 394 g/mol. The van der Waals surface area contributed by atoms with E-state index in [9.17, 15) is 13.2 Å². The number of amides is 1. The van der Waals surface area contributed by atoms with Crippen LogP contribution in [0.5, 0.6) is 0 Å². The van der Waals surface area contributed by atoms with Crippen molar-refractivity contribution in [1.29, 1.82) is 0 Å². The molecule has 0 radical (unpaired) electrons. The Morgan fingerprint density at radius 2 is 1.93 bits per heavy atom. The highest BCUT2D eigenvalue weighted by molar-refractivity contribution is 7.91. The van der Waals surface area contributed by atoms with Crippen LogP contribution in [0.15, 0.2) is 30.3 Å². The fourth-order valence-electron chi connectivity index (χ4n) is 3.46. The van der Waals surface area contributed by atoms with Crippen molar-refractivity contribution in [2.24, 2.45) is 0 Å². The average molecular weight is 422 g/mol. The Hall–Kier alpha value is -1.77. The Labute approximate surface area is 171 Å². The molecule has 1 unspecified atom stereocenters. The first kappa shape index (κ1) is 21.0. The number of nitrogens with zero attached hydrogens (tertiary/aromatic N) is 3. The van der Waals surface area contributed by atoms with Gasteiger partial charge in [0.05, 0.1) is 17.2 Å². The van der Waals surface area contributed by atoms with Gasteiger partial charge in [0, 0.05) is 18.2 Å². The van der Waals surface area contributed by atoms with Crippen molar-refractivity contribution >= 4 is 27.1 Å². The van der Waals surface area contributed by atoms with E-state index in [0.717, 1.165) is 23.5 Å². The van der Waals surface area contributed by atoms with Crippen LogP contribution in [0.2, 0.25) is 0 Å². The Bertz CT molecular complexity index is 923. The minimum Gasteiger partial charge on any atom is -0.334 e. The first-order valence-corrected chi connectivity index (χ1v) is 12.1. The molecule has 1 aliphatic rings. The van der Waals surface area contributed by atoms with Crippen molar-refractivity contribution in [3.63, 3.8) is 0 Å². The number of carbonyl (C=O) groups excluding carboxylic acids is 1. The predicted molar refractivity (Wildman–Crippen MR) is 114 cm³/mol. The average Bonchev–Trinajstić information content (AvgIpc) is 3.21. The van der Waals surface area contributed by atoms with E-state index >= 15 is 0 Å².